The highest BCUT2D eigenvalue weighted by atomic mass is 32.1. The van der Waals surface area contributed by atoms with Crippen molar-refractivity contribution in [3.8, 4) is 21.8 Å². The monoisotopic (exact) mass is 465 g/mol. The van der Waals surface area contributed by atoms with Gasteiger partial charge in [-0.2, -0.15) is 0 Å². The van der Waals surface area contributed by atoms with E-state index in [1.54, 1.807) is 0 Å². The summed E-state index contributed by atoms with van der Waals surface area (Å²) < 4.78 is 27.4. The molecule has 4 rings (SSSR count). The molecule has 4 aromatic rings. The molecule has 1 N–H and O–H groups in total. The number of aromatic nitrogens is 1. The van der Waals surface area contributed by atoms with Crippen LogP contribution in [0.4, 0.5) is 20.2 Å². The molecule has 0 spiro atoms. The van der Waals surface area contributed by atoms with Gasteiger partial charge in [0, 0.05) is 41.4 Å². The molecule has 0 aliphatic heterocycles. The highest BCUT2D eigenvalue weighted by Gasteiger charge is 2.25. The molecule has 1 amide bonds. The Morgan fingerprint density at radius 1 is 1.00 bits per heavy atom. The predicted molar refractivity (Wildman–Crippen MR) is 124 cm³/mol. The van der Waals surface area contributed by atoms with Crippen molar-refractivity contribution < 1.29 is 18.5 Å². The van der Waals surface area contributed by atoms with Crippen LogP contribution in [0.15, 0.2) is 78.9 Å². The second-order valence-electron chi connectivity index (χ2n) is 7.29. The number of carbonyl (C=O) groups is 1. The van der Waals surface area contributed by atoms with Gasteiger partial charge < -0.3 is 5.32 Å². The van der Waals surface area contributed by atoms with Crippen LogP contribution in [-0.4, -0.2) is 15.8 Å². The van der Waals surface area contributed by atoms with E-state index in [1.165, 1.54) is 48.5 Å². The third-order valence-corrected chi connectivity index (χ3v) is 5.94. The van der Waals surface area contributed by atoms with E-state index >= 15 is 0 Å². The predicted octanol–water partition coefficient (Wildman–Crippen LogP) is 6.75. The molecule has 0 bridgehead atoms. The van der Waals surface area contributed by atoms with E-state index in [-0.39, 0.29) is 21.8 Å². The topological polar surface area (TPSA) is 85.1 Å². The number of alkyl halides is 2. The molecule has 0 radical (unpaired) electrons. The lowest BCUT2D eigenvalue weighted by atomic mass is 10.1. The van der Waals surface area contributed by atoms with Crippen molar-refractivity contribution in [2.75, 3.05) is 5.32 Å². The molecule has 0 atom stereocenters. The molecule has 0 saturated carbocycles. The molecule has 33 heavy (non-hydrogen) atoms. The van der Waals surface area contributed by atoms with Crippen LogP contribution < -0.4 is 5.32 Å². The molecule has 0 unspecified atom stereocenters. The maximum absolute atomic E-state index is 13.7. The van der Waals surface area contributed by atoms with E-state index in [0.29, 0.717) is 16.3 Å². The van der Waals surface area contributed by atoms with E-state index in [9.17, 15) is 23.7 Å². The minimum absolute atomic E-state index is 0.0828. The van der Waals surface area contributed by atoms with Crippen LogP contribution in [0.3, 0.4) is 0 Å². The van der Waals surface area contributed by atoms with Gasteiger partial charge in [-0.05, 0) is 24.3 Å². The minimum atomic E-state index is -3.05. The number of halogens is 2. The summed E-state index contributed by atoms with van der Waals surface area (Å²) >= 11 is 1.15. The highest BCUT2D eigenvalue weighted by molar-refractivity contribution is 7.17. The first kappa shape index (κ1) is 22.2. The molecule has 1 aromatic heterocycles. The Balaban J connectivity index is 1.74. The number of anilines is 1. The summed E-state index contributed by atoms with van der Waals surface area (Å²) in [7, 11) is 0. The zero-order valence-electron chi connectivity index (χ0n) is 17.3. The molecule has 0 aliphatic rings. The lowest BCUT2D eigenvalue weighted by molar-refractivity contribution is -0.384. The van der Waals surface area contributed by atoms with E-state index in [4.69, 9.17) is 0 Å². The van der Waals surface area contributed by atoms with E-state index in [1.807, 2.05) is 30.3 Å². The van der Waals surface area contributed by atoms with Crippen molar-refractivity contribution in [1.82, 2.24) is 4.98 Å². The van der Waals surface area contributed by atoms with Crippen LogP contribution in [0.2, 0.25) is 0 Å². The number of amides is 1. The van der Waals surface area contributed by atoms with Crippen LogP contribution in [0.1, 0.15) is 22.2 Å². The third kappa shape index (κ3) is 4.93. The highest BCUT2D eigenvalue weighted by Crippen LogP contribution is 2.35. The van der Waals surface area contributed by atoms with Crippen molar-refractivity contribution in [3.63, 3.8) is 0 Å². The first-order valence-electron chi connectivity index (χ1n) is 9.83. The summed E-state index contributed by atoms with van der Waals surface area (Å²) in [4.78, 5) is 28.5. The van der Waals surface area contributed by atoms with Crippen LogP contribution in [0.5, 0.6) is 0 Å². The van der Waals surface area contributed by atoms with E-state index in [0.717, 1.165) is 23.8 Å². The zero-order chi connectivity index (χ0) is 23.6. The Labute approximate surface area is 191 Å². The van der Waals surface area contributed by atoms with E-state index in [2.05, 4.69) is 10.3 Å². The number of benzene rings is 3. The summed E-state index contributed by atoms with van der Waals surface area (Å²) in [6, 6.07) is 20.5. The van der Waals surface area contributed by atoms with Gasteiger partial charge in [0.25, 0.3) is 17.5 Å². The number of nitro groups is 1. The van der Waals surface area contributed by atoms with Gasteiger partial charge in [-0.25, -0.2) is 13.8 Å². The third-order valence-electron chi connectivity index (χ3n) is 4.83. The zero-order valence-corrected chi connectivity index (χ0v) is 18.1. The van der Waals surface area contributed by atoms with Crippen molar-refractivity contribution in [2.24, 2.45) is 0 Å². The number of nitrogens with zero attached hydrogens (tertiary/aromatic N) is 2. The quantitative estimate of drug-likeness (QED) is 0.252. The lowest BCUT2D eigenvalue weighted by Crippen LogP contribution is -2.13. The Morgan fingerprint density at radius 2 is 1.70 bits per heavy atom. The van der Waals surface area contributed by atoms with Crippen molar-refractivity contribution in [3.05, 3.63) is 99.4 Å². The summed E-state index contributed by atoms with van der Waals surface area (Å²) in [6.07, 6.45) is 0. The van der Waals surface area contributed by atoms with Crippen molar-refractivity contribution >= 4 is 28.6 Å². The van der Waals surface area contributed by atoms with Gasteiger partial charge in [-0.1, -0.05) is 42.5 Å². The van der Waals surface area contributed by atoms with Crippen LogP contribution in [0, 0.1) is 10.1 Å². The number of carbonyl (C=O) groups excluding carboxylic acids is 1. The van der Waals surface area contributed by atoms with Gasteiger partial charge >= 0.3 is 0 Å². The molecular formula is C24H17F2N3O3S. The first-order valence-corrected chi connectivity index (χ1v) is 10.6. The molecule has 9 heteroatoms. The second kappa shape index (κ2) is 8.87. The van der Waals surface area contributed by atoms with Gasteiger partial charge in [0.1, 0.15) is 9.88 Å². The number of non-ortho nitro benzene ring substituents is 1. The molecule has 6 nitrogen and oxygen atoms in total. The van der Waals surface area contributed by atoms with Crippen LogP contribution in [0.25, 0.3) is 21.8 Å². The number of hydrogen-bond donors (Lipinski definition) is 1. The Bertz CT molecular complexity index is 1320. The molecule has 166 valence electrons. The Morgan fingerprint density at radius 3 is 2.33 bits per heavy atom. The molecule has 1 heterocycles. The molecular weight excluding hydrogens is 448 g/mol. The number of thiazole rings is 1. The fraction of sp³-hybridized carbons (Fsp3) is 0.0833. The maximum Gasteiger partial charge on any atom is 0.270 e. The summed E-state index contributed by atoms with van der Waals surface area (Å²) in [5.74, 6) is -3.56. The molecule has 3 aromatic carbocycles. The largest absolute Gasteiger partial charge is 0.321 e. The fourth-order valence-corrected chi connectivity index (χ4v) is 4.16. The average Bonchev–Trinajstić information content (AvgIpc) is 3.25. The number of rotatable bonds is 6. The molecule has 0 fully saturated rings. The summed E-state index contributed by atoms with van der Waals surface area (Å²) in [5.41, 5.74) is 1.60. The lowest BCUT2D eigenvalue weighted by Gasteiger charge is -2.12. The van der Waals surface area contributed by atoms with Crippen LogP contribution >= 0.6 is 11.3 Å². The van der Waals surface area contributed by atoms with Gasteiger partial charge in [0.2, 0.25) is 0 Å². The van der Waals surface area contributed by atoms with Gasteiger partial charge in [-0.15, -0.1) is 11.3 Å². The normalized spacial score (nSPS) is 11.2. The second-order valence-corrected chi connectivity index (χ2v) is 8.29. The van der Waals surface area contributed by atoms with E-state index < -0.39 is 16.8 Å². The number of hydrogen-bond acceptors (Lipinski definition) is 5. The minimum Gasteiger partial charge on any atom is -0.321 e. The SMILES string of the molecule is CC(F)(F)c1cccc(NC(=O)c2sc(-c3ccccc3)nc2-c2ccc([N+](=O)[O-])cc2)c1. The average molecular weight is 465 g/mol. The van der Waals surface area contributed by atoms with Crippen molar-refractivity contribution in [2.45, 2.75) is 12.8 Å². The molecule has 0 saturated heterocycles. The van der Waals surface area contributed by atoms with Crippen LogP contribution in [-0.2, 0) is 5.92 Å². The maximum atomic E-state index is 13.7. The first-order chi connectivity index (χ1) is 15.7. The Hall–Kier alpha value is -3.98. The van der Waals surface area contributed by atoms with Gasteiger partial charge in [0.15, 0.2) is 0 Å². The number of nitrogens with one attached hydrogen (secondary N) is 1. The standard InChI is InChI=1S/C24H17F2N3O3S/c1-24(25,26)17-8-5-9-18(14-17)27-22(30)21-20(15-10-12-19(13-11-15)29(31)32)28-23(33-21)16-6-3-2-4-7-16/h2-14H,1H3,(H,27,30). The smallest absolute Gasteiger partial charge is 0.270 e. The summed E-state index contributed by atoms with van der Waals surface area (Å²) in [6.45, 7) is 0.788. The Kier molecular flexibility index (Phi) is 5.97. The van der Waals surface area contributed by atoms with Gasteiger partial charge in [0.05, 0.1) is 10.6 Å². The van der Waals surface area contributed by atoms with Crippen molar-refractivity contribution in [1.29, 1.82) is 0 Å². The molecule has 0 aliphatic carbocycles. The van der Waals surface area contributed by atoms with Gasteiger partial charge in [-0.3, -0.25) is 14.9 Å². The summed E-state index contributed by atoms with van der Waals surface area (Å²) in [5, 5.41) is 14.2. The fourth-order valence-electron chi connectivity index (χ4n) is 3.17. The number of nitro benzene ring substituents is 1.